The third-order valence-electron chi connectivity index (χ3n) is 4.28. The summed E-state index contributed by atoms with van der Waals surface area (Å²) < 4.78 is 23.3. The fraction of sp³-hybridized carbons (Fsp3) is 0.529. The lowest BCUT2D eigenvalue weighted by atomic mass is 10.2. The number of para-hydroxylation sites is 1. The molecule has 1 saturated heterocycles. The third-order valence-corrected chi connectivity index (χ3v) is 6.36. The Kier molecular flexibility index (Phi) is 7.02. The molecule has 1 aromatic rings. The molecule has 1 fully saturated rings. The molecule has 1 N–H and O–H groups in total. The van der Waals surface area contributed by atoms with Crippen molar-refractivity contribution in [3.05, 3.63) is 29.3 Å². The molecule has 1 heterocycles. The van der Waals surface area contributed by atoms with Crippen molar-refractivity contribution in [2.24, 2.45) is 0 Å². The number of amides is 2. The minimum atomic E-state index is -3.05. The van der Waals surface area contributed by atoms with Crippen LogP contribution in [0.5, 0.6) is 0 Å². The van der Waals surface area contributed by atoms with E-state index < -0.39 is 9.84 Å². The van der Waals surface area contributed by atoms with E-state index in [4.69, 9.17) is 11.6 Å². The summed E-state index contributed by atoms with van der Waals surface area (Å²) in [5.41, 5.74) is 0.519. The van der Waals surface area contributed by atoms with Crippen LogP contribution in [0.3, 0.4) is 0 Å². The van der Waals surface area contributed by atoms with Crippen molar-refractivity contribution in [1.29, 1.82) is 0 Å². The van der Waals surface area contributed by atoms with Crippen molar-refractivity contribution >= 4 is 38.9 Å². The Labute approximate surface area is 159 Å². The van der Waals surface area contributed by atoms with Crippen molar-refractivity contribution in [3.8, 4) is 0 Å². The van der Waals surface area contributed by atoms with Crippen LogP contribution in [0, 0.1) is 0 Å². The number of likely N-dealkylation sites (N-methyl/N-ethyl adjacent to an activating group) is 2. The van der Waals surface area contributed by atoms with Gasteiger partial charge < -0.3 is 10.2 Å². The second-order valence-electron chi connectivity index (χ2n) is 6.44. The van der Waals surface area contributed by atoms with Crippen LogP contribution in [0.25, 0.3) is 0 Å². The van der Waals surface area contributed by atoms with Crippen LogP contribution in [-0.2, 0) is 19.4 Å². The average Bonchev–Trinajstić information content (AvgIpc) is 2.89. The fourth-order valence-electron chi connectivity index (χ4n) is 3.03. The van der Waals surface area contributed by atoms with Gasteiger partial charge in [0.1, 0.15) is 0 Å². The number of sulfone groups is 1. The van der Waals surface area contributed by atoms with Crippen LogP contribution in [0.4, 0.5) is 5.69 Å². The van der Waals surface area contributed by atoms with Crippen molar-refractivity contribution in [3.63, 3.8) is 0 Å². The number of benzene rings is 1. The van der Waals surface area contributed by atoms with Crippen molar-refractivity contribution in [2.75, 3.05) is 43.5 Å². The van der Waals surface area contributed by atoms with Gasteiger partial charge in [0, 0.05) is 12.6 Å². The van der Waals surface area contributed by atoms with E-state index in [0.717, 1.165) is 0 Å². The third kappa shape index (κ3) is 5.69. The van der Waals surface area contributed by atoms with Gasteiger partial charge in [0.25, 0.3) is 0 Å². The quantitative estimate of drug-likeness (QED) is 0.742. The zero-order valence-electron chi connectivity index (χ0n) is 14.9. The van der Waals surface area contributed by atoms with E-state index in [1.165, 1.54) is 0 Å². The highest BCUT2D eigenvalue weighted by atomic mass is 35.5. The molecule has 0 saturated carbocycles. The molecular weight excluding hydrogens is 378 g/mol. The van der Waals surface area contributed by atoms with Crippen LogP contribution in [0.1, 0.15) is 13.3 Å². The molecular formula is C17H24ClN3O4S. The predicted molar refractivity (Wildman–Crippen MR) is 102 cm³/mol. The average molecular weight is 402 g/mol. The number of nitrogens with one attached hydrogen (secondary N) is 1. The molecule has 0 radical (unpaired) electrons. The first-order valence-corrected chi connectivity index (χ1v) is 10.6. The molecule has 2 rings (SSSR count). The lowest BCUT2D eigenvalue weighted by Gasteiger charge is -2.28. The number of nitrogens with zero attached hydrogens (tertiary/aromatic N) is 2. The maximum Gasteiger partial charge on any atom is 0.238 e. The molecule has 7 nitrogen and oxygen atoms in total. The Morgan fingerprint density at radius 2 is 1.96 bits per heavy atom. The van der Waals surface area contributed by atoms with Gasteiger partial charge in [-0.2, -0.15) is 0 Å². The molecule has 1 aliphatic rings. The molecule has 0 aliphatic carbocycles. The summed E-state index contributed by atoms with van der Waals surface area (Å²) in [5.74, 6) is -0.316. The fourth-order valence-corrected chi connectivity index (χ4v) is 4.95. The maximum atomic E-state index is 12.5. The summed E-state index contributed by atoms with van der Waals surface area (Å²) in [7, 11) is -1.38. The minimum absolute atomic E-state index is 0.0171. The van der Waals surface area contributed by atoms with E-state index in [-0.39, 0.29) is 42.5 Å². The highest BCUT2D eigenvalue weighted by molar-refractivity contribution is 7.91. The second-order valence-corrected chi connectivity index (χ2v) is 9.07. The molecule has 144 valence electrons. The molecule has 2 amide bonds. The van der Waals surface area contributed by atoms with Gasteiger partial charge in [0.05, 0.1) is 35.3 Å². The van der Waals surface area contributed by atoms with E-state index in [1.807, 2.05) is 6.92 Å². The van der Waals surface area contributed by atoms with Gasteiger partial charge in [0.15, 0.2) is 9.84 Å². The summed E-state index contributed by atoms with van der Waals surface area (Å²) >= 11 is 6.01. The SMILES string of the molecule is CCN(C(=O)CN(C)CC(=O)Nc1ccccc1Cl)[C@@H]1CCS(=O)(=O)C1. The molecule has 0 bridgehead atoms. The lowest BCUT2D eigenvalue weighted by Crippen LogP contribution is -2.46. The first kappa shape index (κ1) is 20.7. The van der Waals surface area contributed by atoms with Crippen LogP contribution < -0.4 is 5.32 Å². The van der Waals surface area contributed by atoms with Gasteiger partial charge >= 0.3 is 0 Å². The number of halogens is 1. The van der Waals surface area contributed by atoms with Gasteiger partial charge in [-0.1, -0.05) is 23.7 Å². The summed E-state index contributed by atoms with van der Waals surface area (Å²) in [6, 6.07) is 6.64. The summed E-state index contributed by atoms with van der Waals surface area (Å²) in [5, 5.41) is 3.15. The van der Waals surface area contributed by atoms with E-state index in [2.05, 4.69) is 5.32 Å². The lowest BCUT2D eigenvalue weighted by molar-refractivity contribution is -0.134. The zero-order valence-corrected chi connectivity index (χ0v) is 16.5. The van der Waals surface area contributed by atoms with Crippen LogP contribution in [-0.4, -0.2) is 74.3 Å². The molecule has 26 heavy (non-hydrogen) atoms. The Balaban J connectivity index is 1.87. The number of anilines is 1. The number of carbonyl (C=O) groups is 2. The number of hydrogen-bond acceptors (Lipinski definition) is 5. The summed E-state index contributed by atoms with van der Waals surface area (Å²) in [4.78, 5) is 27.8. The summed E-state index contributed by atoms with van der Waals surface area (Å²) in [6.07, 6.45) is 0.471. The van der Waals surface area contributed by atoms with Gasteiger partial charge in [0.2, 0.25) is 11.8 Å². The molecule has 9 heteroatoms. The smallest absolute Gasteiger partial charge is 0.238 e. The standard InChI is InChI=1S/C17H24ClN3O4S/c1-3-21(13-8-9-26(24,25)12-13)17(23)11-20(2)10-16(22)19-15-7-5-4-6-14(15)18/h4-7,13H,3,8-12H2,1-2H3,(H,19,22)/t13-/m1/s1. The van der Waals surface area contributed by atoms with Gasteiger partial charge in [-0.15, -0.1) is 0 Å². The van der Waals surface area contributed by atoms with E-state index in [1.54, 1.807) is 41.1 Å². The monoisotopic (exact) mass is 401 g/mol. The number of carbonyl (C=O) groups excluding carboxylic acids is 2. The Hall–Kier alpha value is -1.64. The van der Waals surface area contributed by atoms with E-state index in [0.29, 0.717) is 23.7 Å². The van der Waals surface area contributed by atoms with Crippen molar-refractivity contribution in [2.45, 2.75) is 19.4 Å². The largest absolute Gasteiger partial charge is 0.338 e. The molecule has 1 aliphatic heterocycles. The highest BCUT2D eigenvalue weighted by Crippen LogP contribution is 2.20. The second kappa shape index (κ2) is 8.83. The topological polar surface area (TPSA) is 86.8 Å². The van der Waals surface area contributed by atoms with Gasteiger partial charge in [-0.3, -0.25) is 14.5 Å². The van der Waals surface area contributed by atoms with Gasteiger partial charge in [-0.25, -0.2) is 8.42 Å². The number of hydrogen-bond donors (Lipinski definition) is 1. The normalized spacial score (nSPS) is 18.7. The Morgan fingerprint density at radius 3 is 2.54 bits per heavy atom. The molecule has 0 aromatic heterocycles. The molecule has 1 atom stereocenters. The highest BCUT2D eigenvalue weighted by Gasteiger charge is 2.34. The predicted octanol–water partition coefficient (Wildman–Crippen LogP) is 1.25. The van der Waals surface area contributed by atoms with Gasteiger partial charge in [-0.05, 0) is 32.5 Å². The Bertz CT molecular complexity index is 769. The van der Waals surface area contributed by atoms with Crippen LogP contribution >= 0.6 is 11.6 Å². The first-order valence-electron chi connectivity index (χ1n) is 8.44. The van der Waals surface area contributed by atoms with E-state index in [9.17, 15) is 18.0 Å². The molecule has 1 aromatic carbocycles. The molecule has 0 unspecified atom stereocenters. The zero-order chi connectivity index (χ0) is 19.3. The van der Waals surface area contributed by atoms with Crippen LogP contribution in [0.2, 0.25) is 5.02 Å². The maximum absolute atomic E-state index is 12.5. The number of rotatable bonds is 7. The van der Waals surface area contributed by atoms with Crippen molar-refractivity contribution < 1.29 is 18.0 Å². The first-order chi connectivity index (χ1) is 12.2. The Morgan fingerprint density at radius 1 is 1.27 bits per heavy atom. The minimum Gasteiger partial charge on any atom is -0.338 e. The molecule has 0 spiro atoms. The van der Waals surface area contributed by atoms with Crippen molar-refractivity contribution in [1.82, 2.24) is 9.80 Å². The van der Waals surface area contributed by atoms with Crippen LogP contribution in [0.15, 0.2) is 24.3 Å². The summed E-state index contributed by atoms with van der Waals surface area (Å²) in [6.45, 7) is 2.34. The van der Waals surface area contributed by atoms with E-state index >= 15 is 0 Å².